The highest BCUT2D eigenvalue weighted by atomic mass is 16.4. The van der Waals surface area contributed by atoms with E-state index < -0.39 is 5.97 Å². The lowest BCUT2D eigenvalue weighted by molar-refractivity contribution is -0.137. The van der Waals surface area contributed by atoms with E-state index in [1.54, 1.807) is 0 Å². The summed E-state index contributed by atoms with van der Waals surface area (Å²) in [6, 6.07) is 0.382. The molecule has 46 heavy (non-hydrogen) atoms. The van der Waals surface area contributed by atoms with E-state index in [1.165, 1.54) is 154 Å². The van der Waals surface area contributed by atoms with Crippen molar-refractivity contribution in [2.45, 2.75) is 200 Å². The molecule has 0 aliphatic heterocycles. The molecule has 0 fully saturated rings. The molecule has 0 aromatic heterocycles. The fraction of sp³-hybridized carbons (Fsp3) is 0.791. The standard InChI is InChI=1S/C43H79NO2/c1-5-7-9-11-13-15-17-19-21-23-25-27-29-31-33-35-37-41(42(44(3)4)39-40-43(45)46)38-36-34-32-30-28-26-24-22-20-18-16-14-12-10-8-6-2/h13-16,19-22,41-42H,5-12,17-18,23-40H2,1-4H3,(H,45,46)/b15-13-,16-14-,21-19-,22-20-. The molecule has 0 saturated heterocycles. The predicted octanol–water partition coefficient (Wildman–Crippen LogP) is 13.8. The zero-order valence-corrected chi connectivity index (χ0v) is 31.4. The van der Waals surface area contributed by atoms with Crippen LogP contribution in [0.2, 0.25) is 0 Å². The van der Waals surface area contributed by atoms with Crippen molar-refractivity contribution in [2.24, 2.45) is 5.92 Å². The monoisotopic (exact) mass is 642 g/mol. The zero-order valence-electron chi connectivity index (χ0n) is 31.4. The van der Waals surface area contributed by atoms with E-state index in [1.807, 2.05) is 0 Å². The Labute approximate surface area is 288 Å². The molecule has 0 aliphatic rings. The van der Waals surface area contributed by atoms with Gasteiger partial charge in [0.05, 0.1) is 0 Å². The van der Waals surface area contributed by atoms with Crippen LogP contribution in [0.25, 0.3) is 0 Å². The molecule has 0 saturated carbocycles. The maximum Gasteiger partial charge on any atom is 0.303 e. The second-order valence-corrected chi connectivity index (χ2v) is 14.0. The number of unbranched alkanes of at least 4 members (excludes halogenated alkanes) is 18. The fourth-order valence-corrected chi connectivity index (χ4v) is 6.51. The van der Waals surface area contributed by atoms with Crippen LogP contribution in [-0.4, -0.2) is 36.1 Å². The van der Waals surface area contributed by atoms with Gasteiger partial charge in [0.2, 0.25) is 0 Å². The maximum absolute atomic E-state index is 11.4. The minimum Gasteiger partial charge on any atom is -0.481 e. The van der Waals surface area contributed by atoms with Gasteiger partial charge in [-0.25, -0.2) is 0 Å². The predicted molar refractivity (Wildman–Crippen MR) is 206 cm³/mol. The molecule has 0 heterocycles. The number of hydrogen-bond acceptors (Lipinski definition) is 2. The van der Waals surface area contributed by atoms with Gasteiger partial charge in [-0.1, -0.05) is 152 Å². The van der Waals surface area contributed by atoms with Crippen molar-refractivity contribution >= 4 is 5.97 Å². The molecular formula is C43H79NO2. The van der Waals surface area contributed by atoms with Crippen LogP contribution < -0.4 is 0 Å². The number of aliphatic carboxylic acids is 1. The van der Waals surface area contributed by atoms with Gasteiger partial charge >= 0.3 is 5.97 Å². The molecule has 0 aliphatic carbocycles. The molecule has 0 rings (SSSR count). The third-order valence-corrected chi connectivity index (χ3v) is 9.41. The normalized spacial score (nSPS) is 13.2. The summed E-state index contributed by atoms with van der Waals surface area (Å²) in [5.41, 5.74) is 0. The highest BCUT2D eigenvalue weighted by molar-refractivity contribution is 5.66. The molecule has 0 spiro atoms. The molecular weight excluding hydrogens is 562 g/mol. The number of hydrogen-bond donors (Lipinski definition) is 1. The first-order valence-corrected chi connectivity index (χ1v) is 20.0. The Hall–Kier alpha value is -1.61. The SMILES string of the molecule is CCCCC/C=C\C/C=C\CCCCCCCCC(CCCCCCCC/C=C\C/C=C\CCCCC)C(CCC(=O)O)N(C)C. The minimum atomic E-state index is -0.659. The van der Waals surface area contributed by atoms with Crippen LogP contribution in [0.3, 0.4) is 0 Å². The number of rotatable bonds is 35. The Morgan fingerprint density at radius 3 is 1.20 bits per heavy atom. The van der Waals surface area contributed by atoms with Crippen molar-refractivity contribution in [3.8, 4) is 0 Å². The molecule has 0 bridgehead atoms. The zero-order chi connectivity index (χ0) is 33.8. The summed E-state index contributed by atoms with van der Waals surface area (Å²) in [7, 11) is 4.30. The van der Waals surface area contributed by atoms with Crippen LogP contribution in [0.4, 0.5) is 0 Å². The van der Waals surface area contributed by atoms with Crippen LogP contribution in [-0.2, 0) is 4.79 Å². The number of allylic oxidation sites excluding steroid dienone is 8. The Bertz CT molecular complexity index is 702. The average Bonchev–Trinajstić information content (AvgIpc) is 3.03. The van der Waals surface area contributed by atoms with E-state index in [2.05, 4.69) is 81.5 Å². The molecule has 0 aromatic rings. The topological polar surface area (TPSA) is 40.5 Å². The second kappa shape index (κ2) is 36.2. The van der Waals surface area contributed by atoms with Gasteiger partial charge in [-0.15, -0.1) is 0 Å². The first-order chi connectivity index (χ1) is 22.5. The van der Waals surface area contributed by atoms with E-state index in [0.29, 0.717) is 12.0 Å². The van der Waals surface area contributed by atoms with Crippen molar-refractivity contribution in [2.75, 3.05) is 14.1 Å². The van der Waals surface area contributed by atoms with Crippen LogP contribution in [0.1, 0.15) is 194 Å². The van der Waals surface area contributed by atoms with Gasteiger partial charge in [0.1, 0.15) is 0 Å². The summed E-state index contributed by atoms with van der Waals surface area (Å²) in [4.78, 5) is 13.7. The van der Waals surface area contributed by atoms with E-state index in [9.17, 15) is 9.90 Å². The van der Waals surface area contributed by atoms with Gasteiger partial charge in [0, 0.05) is 12.5 Å². The minimum absolute atomic E-state index is 0.284. The van der Waals surface area contributed by atoms with E-state index in [4.69, 9.17) is 0 Å². The summed E-state index contributed by atoms with van der Waals surface area (Å²) in [5, 5.41) is 9.34. The van der Waals surface area contributed by atoms with Crippen LogP contribution in [0, 0.1) is 5.92 Å². The third kappa shape index (κ3) is 32.3. The number of carbonyl (C=O) groups is 1. The lowest BCUT2D eigenvalue weighted by atomic mass is 9.85. The van der Waals surface area contributed by atoms with Crippen molar-refractivity contribution in [3.63, 3.8) is 0 Å². The molecule has 1 atom stereocenters. The van der Waals surface area contributed by atoms with Gasteiger partial charge in [-0.05, 0) is 103 Å². The van der Waals surface area contributed by atoms with Gasteiger partial charge in [0.15, 0.2) is 0 Å². The largest absolute Gasteiger partial charge is 0.481 e. The first kappa shape index (κ1) is 44.4. The van der Waals surface area contributed by atoms with Crippen LogP contribution >= 0.6 is 0 Å². The molecule has 0 radical (unpaired) electrons. The van der Waals surface area contributed by atoms with E-state index >= 15 is 0 Å². The van der Waals surface area contributed by atoms with Crippen LogP contribution in [0.15, 0.2) is 48.6 Å². The smallest absolute Gasteiger partial charge is 0.303 e. The number of nitrogens with zero attached hydrogens (tertiary/aromatic N) is 1. The summed E-state index contributed by atoms with van der Waals surface area (Å²) >= 11 is 0. The highest BCUT2D eigenvalue weighted by Gasteiger charge is 2.23. The fourth-order valence-electron chi connectivity index (χ4n) is 6.51. The molecule has 0 aromatic carbocycles. The van der Waals surface area contributed by atoms with Gasteiger partial charge in [0.25, 0.3) is 0 Å². The molecule has 0 amide bonds. The Morgan fingerprint density at radius 1 is 0.500 bits per heavy atom. The van der Waals surface area contributed by atoms with E-state index in [-0.39, 0.29) is 6.42 Å². The molecule has 3 nitrogen and oxygen atoms in total. The van der Waals surface area contributed by atoms with Crippen LogP contribution in [0.5, 0.6) is 0 Å². The van der Waals surface area contributed by atoms with Gasteiger partial charge in [-0.3, -0.25) is 4.79 Å². The quantitative estimate of drug-likeness (QED) is 0.0553. The molecule has 3 heteroatoms. The van der Waals surface area contributed by atoms with E-state index in [0.717, 1.165) is 19.3 Å². The summed E-state index contributed by atoms with van der Waals surface area (Å²) in [5.74, 6) is -0.0425. The van der Waals surface area contributed by atoms with Gasteiger partial charge in [-0.2, -0.15) is 0 Å². The number of carboxylic acid groups (broad SMARTS) is 1. The molecule has 1 N–H and O–H groups in total. The lowest BCUT2D eigenvalue weighted by Gasteiger charge is -2.32. The molecule has 268 valence electrons. The Kier molecular flexibility index (Phi) is 35.0. The second-order valence-electron chi connectivity index (χ2n) is 14.0. The molecule has 1 unspecified atom stereocenters. The average molecular weight is 642 g/mol. The number of carboxylic acids is 1. The summed E-state index contributed by atoms with van der Waals surface area (Å²) < 4.78 is 0. The van der Waals surface area contributed by atoms with Crippen molar-refractivity contribution in [1.82, 2.24) is 4.90 Å². The van der Waals surface area contributed by atoms with Gasteiger partial charge < -0.3 is 10.0 Å². The Morgan fingerprint density at radius 2 is 0.848 bits per heavy atom. The Balaban J connectivity index is 4.15. The summed E-state index contributed by atoms with van der Waals surface area (Å²) in [6.45, 7) is 4.52. The lowest BCUT2D eigenvalue weighted by Crippen LogP contribution is -2.36. The maximum atomic E-state index is 11.4. The summed E-state index contributed by atoms with van der Waals surface area (Å²) in [6.07, 6.45) is 53.2. The highest BCUT2D eigenvalue weighted by Crippen LogP contribution is 2.27. The van der Waals surface area contributed by atoms with Crippen molar-refractivity contribution in [3.05, 3.63) is 48.6 Å². The first-order valence-electron chi connectivity index (χ1n) is 20.0. The van der Waals surface area contributed by atoms with Crippen molar-refractivity contribution in [1.29, 1.82) is 0 Å². The third-order valence-electron chi connectivity index (χ3n) is 9.41. The van der Waals surface area contributed by atoms with Crippen molar-refractivity contribution < 1.29 is 9.90 Å².